The highest BCUT2D eigenvalue weighted by Gasteiger charge is 2.35. The van der Waals surface area contributed by atoms with Crippen molar-refractivity contribution >= 4 is 17.3 Å². The summed E-state index contributed by atoms with van der Waals surface area (Å²) < 4.78 is 11.0. The van der Waals surface area contributed by atoms with Crippen molar-refractivity contribution in [2.24, 2.45) is 0 Å². The molecule has 2 aliphatic rings. The number of carbonyl (C=O) groups excluding carboxylic acids is 3. The third kappa shape index (κ3) is 2.60. The van der Waals surface area contributed by atoms with E-state index >= 15 is 0 Å². The van der Waals surface area contributed by atoms with Crippen LogP contribution in [0.2, 0.25) is 0 Å². The Morgan fingerprint density at radius 3 is 2.08 bits per heavy atom. The highest BCUT2D eigenvalue weighted by atomic mass is 16.7. The molecule has 0 N–H and O–H groups in total. The Kier molecular flexibility index (Phi) is 3.86. The van der Waals surface area contributed by atoms with Crippen molar-refractivity contribution in [1.29, 1.82) is 0 Å². The Balaban J connectivity index is 1.75. The molecule has 0 amide bonds. The molecule has 1 aliphatic heterocycles. The highest BCUT2D eigenvalue weighted by molar-refractivity contribution is 6.28. The molecular formula is C21H18O5. The number of aryl methyl sites for hydroxylation is 1. The summed E-state index contributed by atoms with van der Waals surface area (Å²) >= 11 is 0. The minimum Gasteiger partial charge on any atom is -0.347 e. The smallest absolute Gasteiger partial charge is 0.194 e. The van der Waals surface area contributed by atoms with Gasteiger partial charge in [0.2, 0.25) is 0 Å². The van der Waals surface area contributed by atoms with Crippen LogP contribution in [0.3, 0.4) is 0 Å². The van der Waals surface area contributed by atoms with E-state index < -0.39 is 5.79 Å². The van der Waals surface area contributed by atoms with E-state index in [4.69, 9.17) is 9.47 Å². The number of carbonyl (C=O) groups is 3. The zero-order valence-corrected chi connectivity index (χ0v) is 14.6. The first kappa shape index (κ1) is 16.8. The molecule has 2 aromatic carbocycles. The van der Waals surface area contributed by atoms with Gasteiger partial charge in [0.1, 0.15) is 0 Å². The monoisotopic (exact) mass is 350 g/mol. The van der Waals surface area contributed by atoms with Gasteiger partial charge in [0.25, 0.3) is 0 Å². The fourth-order valence-corrected chi connectivity index (χ4v) is 3.60. The molecule has 26 heavy (non-hydrogen) atoms. The molecule has 1 aliphatic carbocycles. The lowest BCUT2D eigenvalue weighted by atomic mass is 9.81. The van der Waals surface area contributed by atoms with Gasteiger partial charge in [0.15, 0.2) is 23.1 Å². The molecule has 4 rings (SSSR count). The van der Waals surface area contributed by atoms with E-state index in [9.17, 15) is 14.4 Å². The van der Waals surface area contributed by atoms with Crippen molar-refractivity contribution in [3.05, 3.63) is 69.8 Å². The summed E-state index contributed by atoms with van der Waals surface area (Å²) in [5, 5.41) is 0. The third-order valence-electron chi connectivity index (χ3n) is 4.95. The maximum absolute atomic E-state index is 12.8. The molecule has 2 aromatic rings. The molecule has 0 saturated carbocycles. The third-order valence-corrected chi connectivity index (χ3v) is 4.95. The first-order valence-electron chi connectivity index (χ1n) is 8.54. The number of ether oxygens (including phenoxy) is 2. The average Bonchev–Trinajstić information content (AvgIpc) is 3.05. The predicted molar refractivity (Wildman–Crippen MR) is 93.7 cm³/mol. The minimum absolute atomic E-state index is 0.0609. The van der Waals surface area contributed by atoms with E-state index in [0.29, 0.717) is 41.0 Å². The molecule has 1 fully saturated rings. The first-order valence-corrected chi connectivity index (χ1v) is 8.54. The fraction of sp³-hybridized carbons (Fsp3) is 0.286. The van der Waals surface area contributed by atoms with Gasteiger partial charge >= 0.3 is 0 Å². The molecule has 0 aromatic heterocycles. The van der Waals surface area contributed by atoms with E-state index in [1.165, 1.54) is 0 Å². The maximum atomic E-state index is 12.8. The summed E-state index contributed by atoms with van der Waals surface area (Å²) in [6, 6.07) is 9.94. The zero-order valence-electron chi connectivity index (χ0n) is 14.6. The first-order chi connectivity index (χ1) is 12.4. The van der Waals surface area contributed by atoms with Crippen molar-refractivity contribution in [3.63, 3.8) is 0 Å². The van der Waals surface area contributed by atoms with Crippen LogP contribution >= 0.6 is 0 Å². The van der Waals surface area contributed by atoms with E-state index in [1.807, 2.05) is 0 Å². The van der Waals surface area contributed by atoms with Crippen molar-refractivity contribution < 1.29 is 23.9 Å². The zero-order chi connectivity index (χ0) is 18.5. The Bertz CT molecular complexity index is 951. The van der Waals surface area contributed by atoms with Gasteiger partial charge < -0.3 is 9.47 Å². The van der Waals surface area contributed by atoms with E-state index in [1.54, 1.807) is 50.2 Å². The Hall–Kier alpha value is -2.63. The van der Waals surface area contributed by atoms with E-state index in [0.717, 1.165) is 0 Å². The molecule has 132 valence electrons. The summed E-state index contributed by atoms with van der Waals surface area (Å²) in [6.45, 7) is 4.41. The standard InChI is InChI=1S/C21H18O5/c1-12-9-16-17(20(24)14-6-4-3-5-13(14)19(16)23)10-15(12)18(22)11-21(2)25-7-8-26-21/h3-6,9-10H,7-8,11H2,1-2H3. The summed E-state index contributed by atoms with van der Waals surface area (Å²) in [4.78, 5) is 38.4. The lowest BCUT2D eigenvalue weighted by molar-refractivity contribution is -0.138. The second-order valence-corrected chi connectivity index (χ2v) is 6.85. The lowest BCUT2D eigenvalue weighted by Crippen LogP contribution is -2.30. The molecule has 1 saturated heterocycles. The largest absolute Gasteiger partial charge is 0.347 e. The normalized spacial score (nSPS) is 17.8. The summed E-state index contributed by atoms with van der Waals surface area (Å²) in [5.41, 5.74) is 2.49. The molecule has 0 spiro atoms. The van der Waals surface area contributed by atoms with Gasteiger partial charge in [-0.3, -0.25) is 14.4 Å². The quantitative estimate of drug-likeness (QED) is 0.679. The Morgan fingerprint density at radius 1 is 0.962 bits per heavy atom. The molecule has 0 bridgehead atoms. The molecule has 1 heterocycles. The highest BCUT2D eigenvalue weighted by Crippen LogP contribution is 2.31. The lowest BCUT2D eigenvalue weighted by Gasteiger charge is -2.23. The Morgan fingerprint density at radius 2 is 1.50 bits per heavy atom. The molecule has 0 radical (unpaired) electrons. The molecule has 0 atom stereocenters. The number of rotatable bonds is 3. The van der Waals surface area contributed by atoms with Crippen LogP contribution in [0.25, 0.3) is 0 Å². The number of fused-ring (bicyclic) bond motifs is 2. The van der Waals surface area contributed by atoms with Crippen molar-refractivity contribution in [3.8, 4) is 0 Å². The maximum Gasteiger partial charge on any atom is 0.194 e. The van der Waals surface area contributed by atoms with Crippen LogP contribution in [0, 0.1) is 6.92 Å². The van der Waals surface area contributed by atoms with Crippen LogP contribution in [-0.4, -0.2) is 36.4 Å². The summed E-state index contributed by atoms with van der Waals surface area (Å²) in [6.07, 6.45) is 0.0609. The van der Waals surface area contributed by atoms with Gasteiger partial charge in [-0.1, -0.05) is 24.3 Å². The van der Waals surface area contributed by atoms with Crippen molar-refractivity contribution in [1.82, 2.24) is 0 Å². The van der Waals surface area contributed by atoms with Crippen molar-refractivity contribution in [2.75, 3.05) is 13.2 Å². The van der Waals surface area contributed by atoms with Gasteiger partial charge in [-0.05, 0) is 31.5 Å². The fourth-order valence-electron chi connectivity index (χ4n) is 3.60. The second-order valence-electron chi connectivity index (χ2n) is 6.85. The summed E-state index contributed by atoms with van der Waals surface area (Å²) in [5.74, 6) is -1.53. The molecule has 5 nitrogen and oxygen atoms in total. The second kappa shape index (κ2) is 5.97. The van der Waals surface area contributed by atoms with Crippen molar-refractivity contribution in [2.45, 2.75) is 26.1 Å². The number of hydrogen-bond donors (Lipinski definition) is 0. The van der Waals surface area contributed by atoms with Crippen LogP contribution in [0.4, 0.5) is 0 Å². The summed E-state index contributed by atoms with van der Waals surface area (Å²) in [7, 11) is 0. The van der Waals surface area contributed by atoms with Crippen LogP contribution in [0.1, 0.15) is 61.1 Å². The number of ketones is 3. The van der Waals surface area contributed by atoms with Crippen LogP contribution in [0.15, 0.2) is 36.4 Å². The predicted octanol–water partition coefficient (Wildman–Crippen LogP) is 3.11. The average molecular weight is 350 g/mol. The number of Topliss-reactive ketones (excluding diaryl/α,β-unsaturated/α-hetero) is 1. The van der Waals surface area contributed by atoms with Crippen LogP contribution in [-0.2, 0) is 9.47 Å². The minimum atomic E-state index is -0.939. The van der Waals surface area contributed by atoms with E-state index in [-0.39, 0.29) is 29.3 Å². The molecular weight excluding hydrogens is 332 g/mol. The van der Waals surface area contributed by atoms with E-state index in [2.05, 4.69) is 0 Å². The molecule has 5 heteroatoms. The van der Waals surface area contributed by atoms with Gasteiger partial charge in [-0.2, -0.15) is 0 Å². The van der Waals surface area contributed by atoms with Gasteiger partial charge in [-0.25, -0.2) is 0 Å². The van der Waals surface area contributed by atoms with Gasteiger partial charge in [0, 0.05) is 27.8 Å². The van der Waals surface area contributed by atoms with Crippen LogP contribution < -0.4 is 0 Å². The van der Waals surface area contributed by atoms with Crippen LogP contribution in [0.5, 0.6) is 0 Å². The molecule has 0 unspecified atom stereocenters. The Labute approximate surface area is 150 Å². The van der Waals surface area contributed by atoms with Gasteiger partial charge in [-0.15, -0.1) is 0 Å². The number of benzene rings is 2. The SMILES string of the molecule is Cc1cc2c(cc1C(=O)CC1(C)OCCO1)C(=O)c1ccccc1C2=O. The topological polar surface area (TPSA) is 69.7 Å². The van der Waals surface area contributed by atoms with Gasteiger partial charge in [0.05, 0.1) is 19.6 Å². The number of hydrogen-bond acceptors (Lipinski definition) is 5.